The van der Waals surface area contributed by atoms with Gasteiger partial charge >= 0.3 is 0 Å². The van der Waals surface area contributed by atoms with Crippen LogP contribution in [0.25, 0.3) is 0 Å². The third-order valence-electron chi connectivity index (χ3n) is 4.65. The summed E-state index contributed by atoms with van der Waals surface area (Å²) >= 11 is 0. The lowest BCUT2D eigenvalue weighted by molar-refractivity contribution is -0.139. The SMILES string of the molecule is CC(=O)NC1CCN(C(=O)C2(C(N)=NO)CCCC2)CC1. The van der Waals surface area contributed by atoms with Gasteiger partial charge in [-0.2, -0.15) is 0 Å². The van der Waals surface area contributed by atoms with Crippen molar-refractivity contribution in [2.75, 3.05) is 13.1 Å². The van der Waals surface area contributed by atoms with Gasteiger partial charge in [-0.3, -0.25) is 9.59 Å². The van der Waals surface area contributed by atoms with Gasteiger partial charge in [0.15, 0.2) is 5.84 Å². The average molecular weight is 296 g/mol. The Bertz CT molecular complexity index is 436. The molecule has 1 saturated carbocycles. The number of oxime groups is 1. The van der Waals surface area contributed by atoms with Gasteiger partial charge in [0.25, 0.3) is 0 Å². The van der Waals surface area contributed by atoms with E-state index in [4.69, 9.17) is 10.9 Å². The molecule has 2 fully saturated rings. The van der Waals surface area contributed by atoms with Crippen molar-refractivity contribution in [3.05, 3.63) is 0 Å². The Morgan fingerprint density at radius 3 is 2.33 bits per heavy atom. The first-order chi connectivity index (χ1) is 9.99. The van der Waals surface area contributed by atoms with Crippen LogP contribution in [0.15, 0.2) is 5.16 Å². The molecule has 7 heteroatoms. The summed E-state index contributed by atoms with van der Waals surface area (Å²) in [6.07, 6.45) is 4.63. The predicted octanol–water partition coefficient (Wildman–Crippen LogP) is 0.420. The molecule has 0 atom stereocenters. The number of carbonyl (C=O) groups is 2. The second-order valence-corrected chi connectivity index (χ2v) is 6.04. The summed E-state index contributed by atoms with van der Waals surface area (Å²) < 4.78 is 0. The van der Waals surface area contributed by atoms with Crippen LogP contribution < -0.4 is 11.1 Å². The first-order valence-corrected chi connectivity index (χ1v) is 7.54. The molecular formula is C14H24N4O3. The molecule has 0 radical (unpaired) electrons. The van der Waals surface area contributed by atoms with E-state index in [1.165, 1.54) is 6.92 Å². The second kappa shape index (κ2) is 6.32. The van der Waals surface area contributed by atoms with Gasteiger partial charge in [-0.05, 0) is 25.7 Å². The Morgan fingerprint density at radius 1 is 1.29 bits per heavy atom. The molecule has 1 heterocycles. The van der Waals surface area contributed by atoms with E-state index in [2.05, 4.69) is 10.5 Å². The molecule has 1 aliphatic heterocycles. The molecule has 0 aromatic rings. The fraction of sp³-hybridized carbons (Fsp3) is 0.786. The molecular weight excluding hydrogens is 272 g/mol. The van der Waals surface area contributed by atoms with Crippen LogP contribution in [0, 0.1) is 5.41 Å². The van der Waals surface area contributed by atoms with Crippen LogP contribution in [0.3, 0.4) is 0 Å². The van der Waals surface area contributed by atoms with Crippen molar-refractivity contribution < 1.29 is 14.8 Å². The molecule has 21 heavy (non-hydrogen) atoms. The van der Waals surface area contributed by atoms with Gasteiger partial charge in [0.05, 0.1) is 0 Å². The first-order valence-electron chi connectivity index (χ1n) is 7.54. The monoisotopic (exact) mass is 296 g/mol. The largest absolute Gasteiger partial charge is 0.409 e. The number of nitrogens with one attached hydrogen (secondary N) is 1. The molecule has 7 nitrogen and oxygen atoms in total. The second-order valence-electron chi connectivity index (χ2n) is 6.04. The van der Waals surface area contributed by atoms with Crippen LogP contribution in [0.5, 0.6) is 0 Å². The molecule has 118 valence electrons. The summed E-state index contributed by atoms with van der Waals surface area (Å²) in [5.74, 6) is -0.0331. The Morgan fingerprint density at radius 2 is 1.86 bits per heavy atom. The van der Waals surface area contributed by atoms with Crippen LogP contribution in [0.2, 0.25) is 0 Å². The lowest BCUT2D eigenvalue weighted by Gasteiger charge is -2.37. The lowest BCUT2D eigenvalue weighted by atomic mass is 9.82. The highest BCUT2D eigenvalue weighted by atomic mass is 16.4. The minimum atomic E-state index is -0.824. The van der Waals surface area contributed by atoms with Gasteiger partial charge in [0.2, 0.25) is 11.8 Å². The number of likely N-dealkylation sites (tertiary alicyclic amines) is 1. The summed E-state index contributed by atoms with van der Waals surface area (Å²) in [4.78, 5) is 25.7. The minimum Gasteiger partial charge on any atom is -0.409 e. The molecule has 2 rings (SSSR count). The minimum absolute atomic E-state index is 0.0309. The zero-order chi connectivity index (χ0) is 15.5. The Balaban J connectivity index is 2.02. The van der Waals surface area contributed by atoms with Crippen molar-refractivity contribution in [3.8, 4) is 0 Å². The van der Waals surface area contributed by atoms with Crippen LogP contribution in [0.4, 0.5) is 0 Å². The summed E-state index contributed by atoms with van der Waals surface area (Å²) in [5.41, 5.74) is 4.99. The Labute approximate surface area is 124 Å². The molecule has 0 bridgehead atoms. The number of nitrogens with two attached hydrogens (primary N) is 1. The third kappa shape index (κ3) is 3.11. The zero-order valence-electron chi connectivity index (χ0n) is 12.5. The third-order valence-corrected chi connectivity index (χ3v) is 4.65. The number of carbonyl (C=O) groups excluding carboxylic acids is 2. The van der Waals surface area contributed by atoms with Crippen LogP contribution in [-0.2, 0) is 9.59 Å². The molecule has 0 aromatic heterocycles. The van der Waals surface area contributed by atoms with Crippen molar-refractivity contribution in [2.45, 2.75) is 51.5 Å². The van der Waals surface area contributed by atoms with E-state index in [0.717, 1.165) is 25.7 Å². The van der Waals surface area contributed by atoms with Crippen molar-refractivity contribution in [2.24, 2.45) is 16.3 Å². The number of nitrogens with zero attached hydrogens (tertiary/aromatic N) is 2. The van der Waals surface area contributed by atoms with Gasteiger partial charge in [-0.25, -0.2) is 0 Å². The highest BCUT2D eigenvalue weighted by Crippen LogP contribution is 2.40. The Hall–Kier alpha value is -1.79. The maximum Gasteiger partial charge on any atom is 0.236 e. The number of hydrogen-bond acceptors (Lipinski definition) is 4. The molecule has 1 saturated heterocycles. The van der Waals surface area contributed by atoms with E-state index in [1.807, 2.05) is 0 Å². The zero-order valence-corrected chi connectivity index (χ0v) is 12.5. The van der Waals surface area contributed by atoms with E-state index in [9.17, 15) is 9.59 Å². The van der Waals surface area contributed by atoms with Crippen LogP contribution in [0.1, 0.15) is 45.4 Å². The number of amidine groups is 1. The van der Waals surface area contributed by atoms with Crippen LogP contribution >= 0.6 is 0 Å². The van der Waals surface area contributed by atoms with Gasteiger partial charge in [0, 0.05) is 26.1 Å². The van der Waals surface area contributed by atoms with Gasteiger partial charge in [-0.15, -0.1) is 0 Å². The maximum atomic E-state index is 12.8. The molecule has 4 N–H and O–H groups in total. The standard InChI is InChI=1S/C14H24N4O3/c1-10(19)16-11-4-8-18(9-5-11)13(20)14(12(15)17-21)6-2-3-7-14/h11,21H,2-9H2,1H3,(H2,15,17)(H,16,19). The molecule has 1 aliphatic carbocycles. The van der Waals surface area contributed by atoms with E-state index < -0.39 is 5.41 Å². The summed E-state index contributed by atoms with van der Waals surface area (Å²) in [7, 11) is 0. The van der Waals surface area contributed by atoms with E-state index in [1.54, 1.807) is 4.90 Å². The molecule has 0 aromatic carbocycles. The normalized spacial score (nSPS) is 23.1. The van der Waals surface area contributed by atoms with Crippen molar-refractivity contribution in [1.29, 1.82) is 0 Å². The van der Waals surface area contributed by atoms with Crippen molar-refractivity contribution in [1.82, 2.24) is 10.2 Å². The number of rotatable bonds is 3. The highest BCUT2D eigenvalue weighted by molar-refractivity contribution is 6.07. The van der Waals surface area contributed by atoms with Gasteiger partial charge in [0.1, 0.15) is 5.41 Å². The molecule has 2 amide bonds. The van der Waals surface area contributed by atoms with Gasteiger partial charge in [-0.1, -0.05) is 18.0 Å². The highest BCUT2D eigenvalue weighted by Gasteiger charge is 2.47. The smallest absolute Gasteiger partial charge is 0.236 e. The fourth-order valence-electron chi connectivity index (χ4n) is 3.47. The fourth-order valence-corrected chi connectivity index (χ4v) is 3.47. The van der Waals surface area contributed by atoms with E-state index in [-0.39, 0.29) is 23.7 Å². The molecule has 0 unspecified atom stereocenters. The summed E-state index contributed by atoms with van der Waals surface area (Å²) in [6, 6.07) is 0.134. The first kappa shape index (κ1) is 15.6. The number of amides is 2. The predicted molar refractivity (Wildman–Crippen MR) is 77.7 cm³/mol. The molecule has 2 aliphatic rings. The van der Waals surface area contributed by atoms with Crippen molar-refractivity contribution in [3.63, 3.8) is 0 Å². The van der Waals surface area contributed by atoms with E-state index in [0.29, 0.717) is 25.9 Å². The summed E-state index contributed by atoms with van der Waals surface area (Å²) in [6.45, 7) is 2.71. The lowest BCUT2D eigenvalue weighted by Crippen LogP contribution is -2.54. The number of hydrogen-bond donors (Lipinski definition) is 3. The van der Waals surface area contributed by atoms with Crippen LogP contribution in [-0.4, -0.2) is 46.9 Å². The van der Waals surface area contributed by atoms with Crippen molar-refractivity contribution >= 4 is 17.6 Å². The average Bonchev–Trinajstić information content (AvgIpc) is 2.96. The number of piperidine rings is 1. The quantitative estimate of drug-likeness (QED) is 0.303. The maximum absolute atomic E-state index is 12.8. The van der Waals surface area contributed by atoms with Gasteiger partial charge < -0.3 is 21.2 Å². The van der Waals surface area contributed by atoms with E-state index >= 15 is 0 Å². The topological polar surface area (TPSA) is 108 Å². The summed E-state index contributed by atoms with van der Waals surface area (Å²) in [5, 5.41) is 15.0. The molecule has 0 spiro atoms. The Kier molecular flexibility index (Phi) is 4.69.